The summed E-state index contributed by atoms with van der Waals surface area (Å²) < 4.78 is 10.6. The molecule has 24 heavy (non-hydrogen) atoms. The van der Waals surface area contributed by atoms with Crippen LogP contribution in [0.1, 0.15) is 24.2 Å². The van der Waals surface area contributed by atoms with Gasteiger partial charge in [0.2, 0.25) is 5.91 Å². The van der Waals surface area contributed by atoms with Gasteiger partial charge in [-0.15, -0.1) is 22.9 Å². The van der Waals surface area contributed by atoms with Crippen molar-refractivity contribution >= 4 is 39.8 Å². The summed E-state index contributed by atoms with van der Waals surface area (Å²) in [6, 6.07) is 7.40. The van der Waals surface area contributed by atoms with E-state index in [9.17, 15) is 9.59 Å². The van der Waals surface area contributed by atoms with Crippen LogP contribution in [0.3, 0.4) is 0 Å². The number of hydrogen-bond donors (Lipinski definition) is 1. The zero-order valence-corrected chi connectivity index (χ0v) is 15.0. The van der Waals surface area contributed by atoms with Crippen molar-refractivity contribution in [3.05, 3.63) is 35.2 Å². The molecule has 0 atom stereocenters. The second-order valence-corrected chi connectivity index (χ2v) is 5.86. The minimum absolute atomic E-state index is 0.182. The van der Waals surface area contributed by atoms with E-state index in [-0.39, 0.29) is 18.4 Å². The minimum atomic E-state index is -0.479. The Morgan fingerprint density at radius 1 is 1.17 bits per heavy atom. The third kappa shape index (κ3) is 4.27. The number of hydrogen-bond acceptors (Lipinski definition) is 5. The molecule has 1 aromatic carbocycles. The van der Waals surface area contributed by atoms with Gasteiger partial charge in [-0.1, -0.05) is 12.1 Å². The summed E-state index contributed by atoms with van der Waals surface area (Å²) in [5.41, 5.74) is 1.87. The summed E-state index contributed by atoms with van der Waals surface area (Å²) in [6.07, 6.45) is 0. The fourth-order valence-corrected chi connectivity index (χ4v) is 3.17. The lowest BCUT2D eigenvalue weighted by atomic mass is 10.0. The van der Waals surface area contributed by atoms with Crippen molar-refractivity contribution in [2.24, 2.45) is 0 Å². The number of nitrogens with one attached hydrogen (secondary N) is 1. The number of alkyl halides is 1. The number of carbonyl (C=O) groups is 2. The van der Waals surface area contributed by atoms with Gasteiger partial charge in [-0.05, 0) is 31.5 Å². The Bertz CT molecular complexity index is 712. The van der Waals surface area contributed by atoms with E-state index in [4.69, 9.17) is 21.1 Å². The van der Waals surface area contributed by atoms with Crippen molar-refractivity contribution in [1.82, 2.24) is 0 Å². The van der Waals surface area contributed by atoms with E-state index in [0.29, 0.717) is 22.7 Å². The monoisotopic (exact) mass is 367 g/mol. The van der Waals surface area contributed by atoms with Crippen molar-refractivity contribution in [2.75, 3.05) is 24.4 Å². The molecule has 0 radical (unpaired) electrons. The molecule has 0 fully saturated rings. The quantitative estimate of drug-likeness (QED) is 0.589. The maximum absolute atomic E-state index is 12.3. The Labute approximate surface area is 149 Å². The Morgan fingerprint density at radius 3 is 2.46 bits per heavy atom. The summed E-state index contributed by atoms with van der Waals surface area (Å²) in [7, 11) is 0. The zero-order chi connectivity index (χ0) is 17.5. The lowest BCUT2D eigenvalue weighted by molar-refractivity contribution is -0.113. The maximum Gasteiger partial charge on any atom is 0.341 e. The summed E-state index contributed by atoms with van der Waals surface area (Å²) in [5, 5.41) is 4.89. The van der Waals surface area contributed by atoms with Crippen LogP contribution >= 0.6 is 22.9 Å². The van der Waals surface area contributed by atoms with Gasteiger partial charge in [-0.2, -0.15) is 0 Å². The van der Waals surface area contributed by atoms with Gasteiger partial charge < -0.3 is 14.8 Å². The van der Waals surface area contributed by atoms with Gasteiger partial charge in [0, 0.05) is 10.9 Å². The highest BCUT2D eigenvalue weighted by Gasteiger charge is 2.22. The van der Waals surface area contributed by atoms with Crippen molar-refractivity contribution in [2.45, 2.75) is 13.8 Å². The number of halogens is 1. The van der Waals surface area contributed by atoms with Crippen molar-refractivity contribution in [1.29, 1.82) is 0 Å². The first-order valence-corrected chi connectivity index (χ1v) is 8.89. The van der Waals surface area contributed by atoms with Crippen molar-refractivity contribution in [3.8, 4) is 16.9 Å². The van der Waals surface area contributed by atoms with Crippen LogP contribution in [0.15, 0.2) is 29.6 Å². The van der Waals surface area contributed by atoms with E-state index in [2.05, 4.69) is 5.32 Å². The van der Waals surface area contributed by atoms with Gasteiger partial charge in [0.05, 0.1) is 13.2 Å². The molecular formula is C17H18ClNO4S. The van der Waals surface area contributed by atoms with E-state index in [1.54, 1.807) is 6.92 Å². The molecule has 2 aromatic rings. The smallest absolute Gasteiger partial charge is 0.341 e. The van der Waals surface area contributed by atoms with E-state index < -0.39 is 5.97 Å². The van der Waals surface area contributed by atoms with Crippen LogP contribution in [0.2, 0.25) is 0 Å². The molecule has 0 bridgehead atoms. The van der Waals surface area contributed by atoms with Crippen LogP contribution in [0.25, 0.3) is 11.1 Å². The van der Waals surface area contributed by atoms with Crippen LogP contribution < -0.4 is 10.1 Å². The number of rotatable bonds is 7. The first kappa shape index (κ1) is 18.3. The highest BCUT2D eigenvalue weighted by atomic mass is 35.5. The van der Waals surface area contributed by atoms with E-state index >= 15 is 0 Å². The molecule has 7 heteroatoms. The third-order valence-electron chi connectivity index (χ3n) is 3.12. The normalized spacial score (nSPS) is 10.3. The predicted octanol–water partition coefficient (Wildman–Crippen LogP) is 4.17. The van der Waals surface area contributed by atoms with Crippen LogP contribution in [0.5, 0.6) is 5.75 Å². The fraction of sp³-hybridized carbons (Fsp3) is 0.294. The summed E-state index contributed by atoms with van der Waals surface area (Å²) >= 11 is 6.79. The molecule has 0 saturated carbocycles. The second kappa shape index (κ2) is 8.70. The van der Waals surface area contributed by atoms with Crippen molar-refractivity contribution < 1.29 is 19.1 Å². The molecule has 5 nitrogen and oxygen atoms in total. The number of ether oxygens (including phenoxy) is 2. The lowest BCUT2D eigenvalue weighted by Gasteiger charge is -2.09. The molecule has 0 saturated heterocycles. The number of amides is 1. The lowest BCUT2D eigenvalue weighted by Crippen LogP contribution is -2.15. The molecule has 1 heterocycles. The SMILES string of the molecule is CCOC(=O)c1c(-c2ccc(OCC)cc2)csc1NC(=O)CCl. The molecule has 2 rings (SSSR count). The number of anilines is 1. The highest BCUT2D eigenvalue weighted by Crippen LogP contribution is 2.36. The van der Waals surface area contributed by atoms with Gasteiger partial charge in [0.25, 0.3) is 0 Å². The molecule has 1 amide bonds. The van der Waals surface area contributed by atoms with Crippen molar-refractivity contribution in [3.63, 3.8) is 0 Å². The molecule has 1 aromatic heterocycles. The Kier molecular flexibility index (Phi) is 6.63. The molecule has 0 unspecified atom stereocenters. The number of carbonyl (C=O) groups excluding carboxylic acids is 2. The molecule has 0 aliphatic rings. The highest BCUT2D eigenvalue weighted by molar-refractivity contribution is 7.15. The summed E-state index contributed by atoms with van der Waals surface area (Å²) in [4.78, 5) is 23.9. The second-order valence-electron chi connectivity index (χ2n) is 4.71. The average Bonchev–Trinajstić information content (AvgIpc) is 2.99. The Balaban J connectivity index is 2.41. The summed E-state index contributed by atoms with van der Waals surface area (Å²) in [5.74, 6) is -0.280. The van der Waals surface area contributed by atoms with Gasteiger partial charge in [-0.3, -0.25) is 4.79 Å². The Morgan fingerprint density at radius 2 is 1.88 bits per heavy atom. The maximum atomic E-state index is 12.3. The van der Waals surface area contributed by atoms with Gasteiger partial charge in [-0.25, -0.2) is 4.79 Å². The van der Waals surface area contributed by atoms with E-state index in [0.717, 1.165) is 11.3 Å². The molecule has 0 aliphatic heterocycles. The van der Waals surface area contributed by atoms with E-state index in [1.165, 1.54) is 11.3 Å². The molecule has 0 spiro atoms. The topological polar surface area (TPSA) is 64.6 Å². The van der Waals surface area contributed by atoms with Gasteiger partial charge >= 0.3 is 5.97 Å². The molecule has 128 valence electrons. The van der Waals surface area contributed by atoms with Crippen LogP contribution in [-0.4, -0.2) is 31.0 Å². The summed E-state index contributed by atoms with van der Waals surface area (Å²) in [6.45, 7) is 4.48. The average molecular weight is 368 g/mol. The number of thiophene rings is 1. The fourth-order valence-electron chi connectivity index (χ4n) is 2.13. The largest absolute Gasteiger partial charge is 0.494 e. The number of esters is 1. The third-order valence-corrected chi connectivity index (χ3v) is 4.26. The zero-order valence-electron chi connectivity index (χ0n) is 13.4. The van der Waals surface area contributed by atoms with Gasteiger partial charge in [0.1, 0.15) is 22.2 Å². The first-order valence-electron chi connectivity index (χ1n) is 7.48. The molecular weight excluding hydrogens is 350 g/mol. The molecule has 0 aliphatic carbocycles. The molecule has 1 N–H and O–H groups in total. The van der Waals surface area contributed by atoms with Crippen LogP contribution in [0, 0.1) is 0 Å². The van der Waals surface area contributed by atoms with E-state index in [1.807, 2.05) is 36.6 Å². The minimum Gasteiger partial charge on any atom is -0.494 e. The Hall–Kier alpha value is -2.05. The van der Waals surface area contributed by atoms with Crippen LogP contribution in [0.4, 0.5) is 5.00 Å². The predicted molar refractivity (Wildman–Crippen MR) is 96.2 cm³/mol. The van der Waals surface area contributed by atoms with Gasteiger partial charge in [0.15, 0.2) is 0 Å². The first-order chi connectivity index (χ1) is 11.6. The standard InChI is InChI=1S/C17H18ClNO4S/c1-3-22-12-7-5-11(6-8-12)13-10-24-16(19-14(20)9-18)15(13)17(21)23-4-2/h5-8,10H,3-4,9H2,1-2H3,(H,19,20). The van der Waals surface area contributed by atoms with Crippen LogP contribution in [-0.2, 0) is 9.53 Å². The number of benzene rings is 1.